The highest BCUT2D eigenvalue weighted by atomic mass is 32.2. The number of ether oxygens (including phenoxy) is 4. The zero-order valence-corrected chi connectivity index (χ0v) is 28.5. The largest absolute Gasteiger partial charge is 0.497 e. The molecule has 0 spiro atoms. The van der Waals surface area contributed by atoms with Crippen molar-refractivity contribution in [3.8, 4) is 11.5 Å². The lowest BCUT2D eigenvalue weighted by Crippen LogP contribution is -2.66. The summed E-state index contributed by atoms with van der Waals surface area (Å²) >= 11 is 0. The Morgan fingerprint density at radius 3 is 2.35 bits per heavy atom. The first kappa shape index (κ1) is 32.8. The van der Waals surface area contributed by atoms with Gasteiger partial charge in [-0.3, -0.25) is 4.90 Å². The molecule has 2 aliphatic heterocycles. The lowest BCUT2D eigenvalue weighted by Gasteiger charge is -2.57. The number of aryl methyl sites for hydroxylation is 1. The Hall–Kier alpha value is -3.74. The Bertz CT molecular complexity index is 1920. The van der Waals surface area contributed by atoms with Gasteiger partial charge < -0.3 is 28.8 Å². The Morgan fingerprint density at radius 1 is 0.979 bits per heavy atom. The van der Waals surface area contributed by atoms with Gasteiger partial charge in [-0.05, 0) is 73.7 Å². The molecule has 11 heteroatoms. The van der Waals surface area contributed by atoms with Crippen molar-refractivity contribution in [1.29, 1.82) is 0 Å². The van der Waals surface area contributed by atoms with E-state index in [2.05, 4.69) is 4.90 Å². The number of carbonyl (C=O) groups excluding carboxylic acids is 1. The van der Waals surface area contributed by atoms with Gasteiger partial charge in [0.2, 0.25) is 0 Å². The molecule has 3 aliphatic rings. The Morgan fingerprint density at radius 2 is 1.69 bits per heavy atom. The number of rotatable bonds is 9. The molecule has 0 amide bonds. The van der Waals surface area contributed by atoms with Crippen molar-refractivity contribution >= 4 is 27.2 Å². The molecule has 0 radical (unpaired) electrons. The number of hydrogen-bond acceptors (Lipinski definition) is 9. The maximum absolute atomic E-state index is 14.6. The third-order valence-electron chi connectivity index (χ3n) is 10.8. The first-order chi connectivity index (χ1) is 23.1. The molecule has 7 rings (SSSR count). The van der Waals surface area contributed by atoms with E-state index in [1.165, 1.54) is 3.97 Å². The average Bonchev–Trinajstić information content (AvgIpc) is 3.44. The van der Waals surface area contributed by atoms with E-state index in [-0.39, 0.29) is 17.2 Å². The van der Waals surface area contributed by atoms with Gasteiger partial charge in [0, 0.05) is 37.6 Å². The van der Waals surface area contributed by atoms with Gasteiger partial charge in [0.05, 0.1) is 66.7 Å². The summed E-state index contributed by atoms with van der Waals surface area (Å²) in [5.41, 5.74) is 2.58. The predicted molar refractivity (Wildman–Crippen MR) is 180 cm³/mol. The number of fused-ring (bicyclic) bond motifs is 6. The first-order valence-electron chi connectivity index (χ1n) is 16.4. The number of nitrogens with zero attached hydrogens (tertiary/aromatic N) is 2. The minimum absolute atomic E-state index is 0.177. The summed E-state index contributed by atoms with van der Waals surface area (Å²) in [6.45, 7) is 3.41. The molecule has 1 N–H and O–H groups in total. The molecule has 1 saturated heterocycles. The second-order valence-corrected chi connectivity index (χ2v) is 15.1. The van der Waals surface area contributed by atoms with Crippen LogP contribution in [0.1, 0.15) is 41.3 Å². The minimum Gasteiger partial charge on any atom is -0.497 e. The van der Waals surface area contributed by atoms with Crippen molar-refractivity contribution < 1.29 is 37.3 Å². The van der Waals surface area contributed by atoms with Crippen LogP contribution < -0.4 is 9.47 Å². The van der Waals surface area contributed by atoms with Gasteiger partial charge >= 0.3 is 0 Å². The van der Waals surface area contributed by atoms with Crippen LogP contribution >= 0.6 is 0 Å². The van der Waals surface area contributed by atoms with E-state index >= 15 is 0 Å². The van der Waals surface area contributed by atoms with Crippen LogP contribution in [0.4, 0.5) is 0 Å². The van der Waals surface area contributed by atoms with Gasteiger partial charge in [-0.2, -0.15) is 0 Å². The fourth-order valence-corrected chi connectivity index (χ4v) is 9.86. The monoisotopic (exact) mass is 674 g/mol. The highest BCUT2D eigenvalue weighted by Crippen LogP contribution is 2.53. The third-order valence-corrected chi connectivity index (χ3v) is 12.5. The lowest BCUT2D eigenvalue weighted by molar-refractivity contribution is -0.221. The van der Waals surface area contributed by atoms with Gasteiger partial charge in [-0.25, -0.2) is 12.4 Å². The maximum Gasteiger partial charge on any atom is 0.268 e. The summed E-state index contributed by atoms with van der Waals surface area (Å²) in [5, 5.41) is 13.4. The summed E-state index contributed by atoms with van der Waals surface area (Å²) < 4.78 is 53.7. The van der Waals surface area contributed by atoms with Gasteiger partial charge in [0.1, 0.15) is 17.8 Å². The number of methoxy groups -OCH3 is 3. The van der Waals surface area contributed by atoms with E-state index in [9.17, 15) is 18.3 Å². The number of carbonyl (C=O) groups is 1. The molecule has 0 bridgehead atoms. The zero-order valence-electron chi connectivity index (χ0n) is 27.7. The van der Waals surface area contributed by atoms with Gasteiger partial charge in [-0.1, -0.05) is 29.8 Å². The second kappa shape index (κ2) is 12.6. The summed E-state index contributed by atoms with van der Waals surface area (Å²) in [7, 11) is 0.667. The molecule has 4 aromatic rings. The highest BCUT2D eigenvalue weighted by Gasteiger charge is 2.59. The molecule has 1 aromatic heterocycles. The summed E-state index contributed by atoms with van der Waals surface area (Å²) in [4.78, 5) is 15.3. The van der Waals surface area contributed by atoms with Crippen molar-refractivity contribution in [3.63, 3.8) is 0 Å². The van der Waals surface area contributed by atoms with Crippen LogP contribution in [0.15, 0.2) is 71.6 Å². The molecule has 1 aliphatic carbocycles. The van der Waals surface area contributed by atoms with Crippen LogP contribution in [0.5, 0.6) is 11.5 Å². The van der Waals surface area contributed by atoms with Gasteiger partial charge in [-0.15, -0.1) is 0 Å². The normalized spacial score (nSPS) is 27.1. The summed E-state index contributed by atoms with van der Waals surface area (Å²) in [6.07, 6.45) is 1.01. The van der Waals surface area contributed by atoms with Crippen LogP contribution in [-0.2, 0) is 37.3 Å². The van der Waals surface area contributed by atoms with Crippen LogP contribution in [0.3, 0.4) is 0 Å². The smallest absolute Gasteiger partial charge is 0.268 e. The maximum atomic E-state index is 14.6. The fourth-order valence-electron chi connectivity index (χ4n) is 8.27. The van der Waals surface area contributed by atoms with E-state index in [4.69, 9.17) is 18.9 Å². The average molecular weight is 675 g/mol. The zero-order chi connectivity index (χ0) is 33.8. The molecule has 6 atom stereocenters. The molecule has 1 saturated carbocycles. The van der Waals surface area contributed by atoms with Crippen molar-refractivity contribution in [2.24, 2.45) is 11.8 Å². The molecule has 10 nitrogen and oxygen atoms in total. The van der Waals surface area contributed by atoms with Crippen molar-refractivity contribution in [1.82, 2.24) is 8.87 Å². The van der Waals surface area contributed by atoms with Crippen LogP contribution in [0.25, 0.3) is 10.9 Å². The number of benzene rings is 3. The van der Waals surface area contributed by atoms with Crippen molar-refractivity contribution in [3.05, 3.63) is 89.1 Å². The first-order valence-corrected chi connectivity index (χ1v) is 17.8. The molecular formula is C37H42N2O8S. The summed E-state index contributed by atoms with van der Waals surface area (Å²) in [5.74, 6) is 0.142. The third kappa shape index (κ3) is 5.32. The van der Waals surface area contributed by atoms with E-state index in [1.807, 2.05) is 43.3 Å². The molecular weight excluding hydrogens is 632 g/mol. The minimum atomic E-state index is -4.06. The quantitative estimate of drug-likeness (QED) is 0.253. The predicted octanol–water partition coefficient (Wildman–Crippen LogP) is 4.67. The van der Waals surface area contributed by atoms with Crippen molar-refractivity contribution in [2.45, 2.75) is 61.5 Å². The van der Waals surface area contributed by atoms with E-state index < -0.39 is 39.8 Å². The SMILES string of the molecule is COc1ccc(CO[C@H]2C[C@H]3CN4CCc5c(n(S(=O)(=O)c6ccc(C)cc6)c6cc(OC)ccc56)[C@@H]4C[C@]3(O)[C@@H](C=O)[C@@H]2OC)cc1. The number of aliphatic hydroxyl groups is 1. The second-order valence-electron chi connectivity index (χ2n) is 13.3. The topological polar surface area (TPSA) is 117 Å². The highest BCUT2D eigenvalue weighted by molar-refractivity contribution is 7.90. The molecule has 48 heavy (non-hydrogen) atoms. The van der Waals surface area contributed by atoms with Crippen LogP contribution in [0, 0.1) is 18.8 Å². The van der Waals surface area contributed by atoms with E-state index in [0.29, 0.717) is 49.5 Å². The molecule has 0 unspecified atom stereocenters. The van der Waals surface area contributed by atoms with Crippen molar-refractivity contribution in [2.75, 3.05) is 34.4 Å². The summed E-state index contributed by atoms with van der Waals surface area (Å²) in [6, 6.07) is 19.6. The number of piperidine rings is 1. The number of aromatic nitrogens is 1. The Kier molecular flexibility index (Phi) is 8.62. The Labute approximate surface area is 281 Å². The van der Waals surface area contributed by atoms with Gasteiger partial charge in [0.15, 0.2) is 0 Å². The Balaban J connectivity index is 1.28. The number of hydrogen-bond donors (Lipinski definition) is 1. The molecule has 3 heterocycles. The van der Waals surface area contributed by atoms with Gasteiger partial charge in [0.25, 0.3) is 10.0 Å². The van der Waals surface area contributed by atoms with Crippen LogP contribution in [0.2, 0.25) is 0 Å². The fraction of sp³-hybridized carbons (Fsp3) is 0.432. The van der Waals surface area contributed by atoms with E-state index in [0.717, 1.165) is 34.1 Å². The standard InChI is InChI=1S/C37H42N2O8S/c1-23-5-12-28(13-6-23)48(42,43)39-32-18-27(45-3)11-14-29(32)30-15-16-38-20-25-17-34(47-22-24-7-9-26(44-2)10-8-24)36(46-4)31(21-40)37(25,41)19-33(38)35(30)39/h5-14,18,21,25,31,33-34,36,41H,15-17,19-20,22H2,1-4H3/t25-,31-,33-,34-,36-,37+/m0/s1. The number of aldehydes is 1. The van der Waals surface area contributed by atoms with E-state index in [1.54, 1.807) is 51.7 Å². The lowest BCUT2D eigenvalue weighted by atomic mass is 9.61. The molecule has 2 fully saturated rings. The molecule has 254 valence electrons. The molecule has 3 aromatic carbocycles. The van der Waals surface area contributed by atoms with Crippen LogP contribution in [-0.4, -0.2) is 80.9 Å².